The van der Waals surface area contributed by atoms with Gasteiger partial charge in [0.1, 0.15) is 11.8 Å². The van der Waals surface area contributed by atoms with Crippen molar-refractivity contribution in [1.82, 2.24) is 0 Å². The zero-order valence-electron chi connectivity index (χ0n) is 10.3. The van der Waals surface area contributed by atoms with Crippen LogP contribution in [0, 0.1) is 11.3 Å². The smallest absolute Gasteiger partial charge is 0.123 e. The summed E-state index contributed by atoms with van der Waals surface area (Å²) in [6.07, 6.45) is 4.04. The Hall–Kier alpha value is -1.73. The van der Waals surface area contributed by atoms with Crippen molar-refractivity contribution in [2.45, 2.75) is 25.4 Å². The van der Waals surface area contributed by atoms with E-state index in [0.717, 1.165) is 15.9 Å². The number of nitriles is 1. The van der Waals surface area contributed by atoms with E-state index < -0.39 is 0 Å². The van der Waals surface area contributed by atoms with Crippen molar-refractivity contribution in [2.75, 3.05) is 4.90 Å². The summed E-state index contributed by atoms with van der Waals surface area (Å²) in [6.45, 7) is 0.711. The van der Waals surface area contributed by atoms with E-state index in [-0.39, 0.29) is 0 Å². The van der Waals surface area contributed by atoms with Crippen molar-refractivity contribution < 1.29 is 4.42 Å². The normalized spacial score (nSPS) is 14.1. The van der Waals surface area contributed by atoms with Crippen molar-refractivity contribution >= 4 is 21.6 Å². The van der Waals surface area contributed by atoms with Gasteiger partial charge >= 0.3 is 0 Å². The number of benzene rings is 1. The molecule has 0 bridgehead atoms. The molecular weight excluding hydrogens is 304 g/mol. The summed E-state index contributed by atoms with van der Waals surface area (Å²) in [5.41, 5.74) is 1.68. The van der Waals surface area contributed by atoms with Gasteiger partial charge in [0, 0.05) is 10.5 Å². The van der Waals surface area contributed by atoms with Crippen molar-refractivity contribution in [1.29, 1.82) is 5.26 Å². The van der Waals surface area contributed by atoms with E-state index in [1.165, 1.54) is 12.8 Å². The van der Waals surface area contributed by atoms with Gasteiger partial charge in [0.05, 0.1) is 24.1 Å². The highest BCUT2D eigenvalue weighted by Gasteiger charge is 2.31. The summed E-state index contributed by atoms with van der Waals surface area (Å²) >= 11 is 3.45. The molecule has 0 atom stereocenters. The van der Waals surface area contributed by atoms with Crippen LogP contribution in [0.4, 0.5) is 5.69 Å². The zero-order chi connectivity index (χ0) is 13.2. The third-order valence-electron chi connectivity index (χ3n) is 3.31. The first-order chi connectivity index (χ1) is 9.29. The molecule has 3 nitrogen and oxygen atoms in total. The Balaban J connectivity index is 1.97. The molecule has 0 N–H and O–H groups in total. The van der Waals surface area contributed by atoms with Crippen LogP contribution < -0.4 is 4.90 Å². The van der Waals surface area contributed by atoms with Crippen LogP contribution in [0.5, 0.6) is 0 Å². The first-order valence-corrected chi connectivity index (χ1v) is 7.06. The second kappa shape index (κ2) is 5.10. The van der Waals surface area contributed by atoms with Crippen molar-refractivity contribution in [3.63, 3.8) is 0 Å². The van der Waals surface area contributed by atoms with Gasteiger partial charge in [0.15, 0.2) is 0 Å². The quantitative estimate of drug-likeness (QED) is 0.853. The molecule has 0 saturated heterocycles. The molecule has 0 aliphatic heterocycles. The second-order valence-corrected chi connectivity index (χ2v) is 5.54. The summed E-state index contributed by atoms with van der Waals surface area (Å²) in [6, 6.07) is 12.6. The fourth-order valence-electron chi connectivity index (χ4n) is 2.23. The third kappa shape index (κ3) is 2.52. The lowest BCUT2D eigenvalue weighted by molar-refractivity contribution is 0.501. The lowest BCUT2D eigenvalue weighted by Gasteiger charge is -2.25. The van der Waals surface area contributed by atoms with Crippen LogP contribution in [0.25, 0.3) is 0 Å². The minimum atomic E-state index is 0.520. The molecule has 1 aromatic carbocycles. The number of hydrogen-bond donors (Lipinski definition) is 0. The summed E-state index contributed by atoms with van der Waals surface area (Å²) in [5.74, 6) is 0.927. The Morgan fingerprint density at radius 3 is 2.79 bits per heavy atom. The highest BCUT2D eigenvalue weighted by molar-refractivity contribution is 9.10. The first kappa shape index (κ1) is 12.3. The molecule has 1 heterocycles. The monoisotopic (exact) mass is 316 g/mol. The minimum Gasteiger partial charge on any atom is -0.467 e. The van der Waals surface area contributed by atoms with Gasteiger partial charge in [-0.2, -0.15) is 5.26 Å². The molecule has 1 fully saturated rings. The Bertz CT molecular complexity index is 612. The third-order valence-corrected chi connectivity index (χ3v) is 3.97. The van der Waals surface area contributed by atoms with Crippen LogP contribution in [0.2, 0.25) is 0 Å². The van der Waals surface area contributed by atoms with Crippen LogP contribution in [0.3, 0.4) is 0 Å². The lowest BCUT2D eigenvalue weighted by Crippen LogP contribution is -2.25. The maximum absolute atomic E-state index is 9.35. The maximum Gasteiger partial charge on any atom is 0.123 e. The highest BCUT2D eigenvalue weighted by Crippen LogP contribution is 2.36. The van der Waals surface area contributed by atoms with Gasteiger partial charge in [0.25, 0.3) is 0 Å². The summed E-state index contributed by atoms with van der Waals surface area (Å²) < 4.78 is 6.28. The van der Waals surface area contributed by atoms with Gasteiger partial charge in [-0.15, -0.1) is 0 Å². The van der Waals surface area contributed by atoms with Gasteiger partial charge < -0.3 is 9.32 Å². The fourth-order valence-corrected chi connectivity index (χ4v) is 2.67. The Morgan fingerprint density at radius 1 is 1.32 bits per heavy atom. The SMILES string of the molecule is N#Cc1c(Br)cccc1N(Cc1ccco1)C1CC1. The van der Waals surface area contributed by atoms with E-state index in [2.05, 4.69) is 26.9 Å². The zero-order valence-corrected chi connectivity index (χ0v) is 11.9. The molecule has 19 heavy (non-hydrogen) atoms. The van der Waals surface area contributed by atoms with E-state index >= 15 is 0 Å². The molecule has 3 rings (SSSR count). The standard InChI is InChI=1S/C15H13BrN2O/c16-14-4-1-5-15(13(14)9-17)18(11-6-7-11)10-12-3-2-8-19-12/h1-5,8,11H,6-7,10H2. The maximum atomic E-state index is 9.35. The minimum absolute atomic E-state index is 0.520. The molecule has 96 valence electrons. The van der Waals surface area contributed by atoms with E-state index in [9.17, 15) is 5.26 Å². The Labute approximate surface area is 120 Å². The van der Waals surface area contributed by atoms with Crippen LogP contribution >= 0.6 is 15.9 Å². The summed E-state index contributed by atoms with van der Waals surface area (Å²) in [4.78, 5) is 2.27. The predicted molar refractivity (Wildman–Crippen MR) is 76.8 cm³/mol. The van der Waals surface area contributed by atoms with Gasteiger partial charge in [-0.25, -0.2) is 0 Å². The van der Waals surface area contributed by atoms with E-state index in [1.54, 1.807) is 6.26 Å². The average Bonchev–Trinajstić information content (AvgIpc) is 3.13. The molecule has 1 aliphatic rings. The number of hydrogen-bond acceptors (Lipinski definition) is 3. The molecule has 1 aliphatic carbocycles. The molecule has 0 amide bonds. The number of nitrogens with zero attached hydrogens (tertiary/aromatic N) is 2. The molecule has 1 aromatic heterocycles. The van der Waals surface area contributed by atoms with E-state index in [1.807, 2.05) is 30.3 Å². The lowest BCUT2D eigenvalue weighted by atomic mass is 10.1. The summed E-state index contributed by atoms with van der Waals surface area (Å²) in [7, 11) is 0. The van der Waals surface area contributed by atoms with Crippen molar-refractivity contribution in [2.24, 2.45) is 0 Å². The highest BCUT2D eigenvalue weighted by atomic mass is 79.9. The number of rotatable bonds is 4. The molecule has 0 radical (unpaired) electrons. The van der Waals surface area contributed by atoms with Gasteiger partial charge in [-0.05, 0) is 53.0 Å². The van der Waals surface area contributed by atoms with Gasteiger partial charge in [-0.1, -0.05) is 6.07 Å². The molecular formula is C15H13BrN2O. The Morgan fingerprint density at radius 2 is 2.16 bits per heavy atom. The topological polar surface area (TPSA) is 40.2 Å². The molecule has 0 unspecified atom stereocenters. The molecule has 4 heteroatoms. The van der Waals surface area contributed by atoms with Crippen LogP contribution in [-0.2, 0) is 6.54 Å². The van der Waals surface area contributed by atoms with Gasteiger partial charge in [-0.3, -0.25) is 0 Å². The summed E-state index contributed by atoms with van der Waals surface area (Å²) in [5, 5.41) is 9.35. The largest absolute Gasteiger partial charge is 0.467 e. The molecule has 2 aromatic rings. The van der Waals surface area contributed by atoms with Crippen molar-refractivity contribution in [3.05, 3.63) is 52.4 Å². The van der Waals surface area contributed by atoms with E-state index in [4.69, 9.17) is 4.42 Å². The van der Waals surface area contributed by atoms with Gasteiger partial charge in [0.2, 0.25) is 0 Å². The molecule has 0 spiro atoms. The molecule has 1 saturated carbocycles. The first-order valence-electron chi connectivity index (χ1n) is 6.27. The average molecular weight is 317 g/mol. The van der Waals surface area contributed by atoms with Crippen LogP contribution in [0.15, 0.2) is 45.5 Å². The number of furan rings is 1. The second-order valence-electron chi connectivity index (χ2n) is 4.68. The van der Waals surface area contributed by atoms with Crippen LogP contribution in [-0.4, -0.2) is 6.04 Å². The Kier molecular flexibility index (Phi) is 3.31. The van der Waals surface area contributed by atoms with E-state index in [0.29, 0.717) is 18.2 Å². The number of anilines is 1. The fraction of sp³-hybridized carbons (Fsp3) is 0.267. The number of halogens is 1. The predicted octanol–water partition coefficient (Wildman–Crippen LogP) is 4.08. The van der Waals surface area contributed by atoms with Crippen molar-refractivity contribution in [3.8, 4) is 6.07 Å². The van der Waals surface area contributed by atoms with Crippen LogP contribution in [0.1, 0.15) is 24.2 Å².